The van der Waals surface area contributed by atoms with Gasteiger partial charge < -0.3 is 5.32 Å². The molecule has 0 radical (unpaired) electrons. The SMILES string of the molecule is O=C(CSc1nc(-c2ccccc2)cn1-c1ccccc1)NC1CCCCC1. The first-order valence-corrected chi connectivity index (χ1v) is 10.9. The fourth-order valence-electron chi connectivity index (χ4n) is 3.63. The zero-order chi connectivity index (χ0) is 19.2. The van der Waals surface area contributed by atoms with E-state index in [2.05, 4.69) is 34.1 Å². The lowest BCUT2D eigenvalue weighted by Gasteiger charge is -2.22. The van der Waals surface area contributed by atoms with E-state index >= 15 is 0 Å². The van der Waals surface area contributed by atoms with Gasteiger partial charge in [0, 0.05) is 23.5 Å². The van der Waals surface area contributed by atoms with E-state index in [-0.39, 0.29) is 5.91 Å². The number of aromatic nitrogens is 2. The first kappa shape index (κ1) is 18.8. The molecule has 1 aromatic heterocycles. The molecule has 0 saturated heterocycles. The van der Waals surface area contributed by atoms with Crippen LogP contribution in [-0.4, -0.2) is 27.3 Å². The molecular weight excluding hydrogens is 366 g/mol. The van der Waals surface area contributed by atoms with Gasteiger partial charge in [0.2, 0.25) is 5.91 Å². The second-order valence-electron chi connectivity index (χ2n) is 7.17. The normalized spacial score (nSPS) is 14.7. The molecular formula is C23H25N3OS. The first-order chi connectivity index (χ1) is 13.8. The molecule has 0 unspecified atom stereocenters. The molecule has 1 fully saturated rings. The average Bonchev–Trinajstić information content (AvgIpc) is 3.19. The van der Waals surface area contributed by atoms with Crippen LogP contribution in [-0.2, 0) is 4.79 Å². The lowest BCUT2D eigenvalue weighted by Crippen LogP contribution is -2.37. The number of carbonyl (C=O) groups excluding carboxylic acids is 1. The van der Waals surface area contributed by atoms with Crippen molar-refractivity contribution in [3.8, 4) is 16.9 Å². The third-order valence-electron chi connectivity index (χ3n) is 5.08. The lowest BCUT2D eigenvalue weighted by molar-refractivity contribution is -0.119. The van der Waals surface area contributed by atoms with Crippen molar-refractivity contribution in [2.45, 2.75) is 43.3 Å². The van der Waals surface area contributed by atoms with Gasteiger partial charge in [-0.2, -0.15) is 0 Å². The van der Waals surface area contributed by atoms with E-state index in [0.717, 1.165) is 34.9 Å². The van der Waals surface area contributed by atoms with Gasteiger partial charge >= 0.3 is 0 Å². The van der Waals surface area contributed by atoms with E-state index in [1.54, 1.807) is 0 Å². The number of rotatable bonds is 6. The lowest BCUT2D eigenvalue weighted by atomic mass is 9.95. The quantitative estimate of drug-likeness (QED) is 0.596. The summed E-state index contributed by atoms with van der Waals surface area (Å²) in [5.74, 6) is 0.481. The van der Waals surface area contributed by atoms with E-state index in [1.165, 1.54) is 31.0 Å². The number of imidazole rings is 1. The predicted molar refractivity (Wildman–Crippen MR) is 115 cm³/mol. The van der Waals surface area contributed by atoms with Crippen molar-refractivity contribution in [1.82, 2.24) is 14.9 Å². The van der Waals surface area contributed by atoms with Crippen LogP contribution in [0.1, 0.15) is 32.1 Å². The van der Waals surface area contributed by atoms with Gasteiger partial charge in [-0.25, -0.2) is 4.98 Å². The topological polar surface area (TPSA) is 46.9 Å². The van der Waals surface area contributed by atoms with Crippen molar-refractivity contribution in [2.75, 3.05) is 5.75 Å². The zero-order valence-corrected chi connectivity index (χ0v) is 16.7. The minimum Gasteiger partial charge on any atom is -0.353 e. The van der Waals surface area contributed by atoms with Crippen LogP contribution in [0.25, 0.3) is 16.9 Å². The Morgan fingerprint density at radius 1 is 1.00 bits per heavy atom. The fourth-order valence-corrected chi connectivity index (χ4v) is 4.44. The third kappa shape index (κ3) is 4.65. The summed E-state index contributed by atoms with van der Waals surface area (Å²) in [6, 6.07) is 20.6. The summed E-state index contributed by atoms with van der Waals surface area (Å²) in [5, 5.41) is 4.03. The maximum atomic E-state index is 12.4. The van der Waals surface area contributed by atoms with Gasteiger partial charge in [-0.3, -0.25) is 9.36 Å². The molecule has 5 heteroatoms. The molecule has 28 heavy (non-hydrogen) atoms. The number of benzene rings is 2. The number of carbonyl (C=O) groups is 1. The van der Waals surface area contributed by atoms with Crippen LogP contribution >= 0.6 is 11.8 Å². The Hall–Kier alpha value is -2.53. The number of amides is 1. The Labute approximate surface area is 170 Å². The maximum Gasteiger partial charge on any atom is 0.230 e. The average molecular weight is 392 g/mol. The van der Waals surface area contributed by atoms with E-state index in [1.807, 2.05) is 42.6 Å². The minimum absolute atomic E-state index is 0.0979. The Kier molecular flexibility index (Phi) is 6.12. The molecule has 1 amide bonds. The predicted octanol–water partition coefficient (Wildman–Crippen LogP) is 5.08. The molecule has 1 aliphatic carbocycles. The van der Waals surface area contributed by atoms with Crippen molar-refractivity contribution < 1.29 is 4.79 Å². The highest BCUT2D eigenvalue weighted by atomic mass is 32.2. The number of hydrogen-bond acceptors (Lipinski definition) is 3. The van der Waals surface area contributed by atoms with E-state index in [4.69, 9.17) is 4.98 Å². The molecule has 4 rings (SSSR count). The van der Waals surface area contributed by atoms with Crippen molar-refractivity contribution in [2.24, 2.45) is 0 Å². The van der Waals surface area contributed by atoms with Gasteiger partial charge in [-0.05, 0) is 25.0 Å². The molecule has 2 aromatic carbocycles. The van der Waals surface area contributed by atoms with Gasteiger partial charge in [0.25, 0.3) is 0 Å². The highest BCUT2D eigenvalue weighted by Crippen LogP contribution is 2.27. The summed E-state index contributed by atoms with van der Waals surface area (Å²) in [4.78, 5) is 17.3. The fraction of sp³-hybridized carbons (Fsp3) is 0.304. The summed E-state index contributed by atoms with van der Waals surface area (Å²) in [6.07, 6.45) is 7.98. The standard InChI is InChI=1S/C23H25N3OS/c27-22(24-19-12-6-2-7-13-19)17-28-23-25-21(18-10-4-1-5-11-18)16-26(23)20-14-8-3-9-15-20/h1,3-5,8-11,14-16,19H,2,6-7,12-13,17H2,(H,24,27). The van der Waals surface area contributed by atoms with Crippen LogP contribution in [0.2, 0.25) is 0 Å². The highest BCUT2D eigenvalue weighted by Gasteiger charge is 2.17. The zero-order valence-electron chi connectivity index (χ0n) is 15.9. The smallest absolute Gasteiger partial charge is 0.230 e. The van der Waals surface area contributed by atoms with Crippen molar-refractivity contribution in [3.05, 3.63) is 66.9 Å². The minimum atomic E-state index is 0.0979. The number of para-hydroxylation sites is 1. The number of nitrogens with zero attached hydrogens (tertiary/aromatic N) is 2. The third-order valence-corrected chi connectivity index (χ3v) is 6.03. The van der Waals surface area contributed by atoms with Gasteiger partial charge in [-0.15, -0.1) is 0 Å². The summed E-state index contributed by atoms with van der Waals surface area (Å²) < 4.78 is 2.07. The molecule has 1 aliphatic rings. The van der Waals surface area contributed by atoms with Crippen molar-refractivity contribution >= 4 is 17.7 Å². The van der Waals surface area contributed by atoms with Crippen LogP contribution in [0.15, 0.2) is 72.0 Å². The summed E-state index contributed by atoms with van der Waals surface area (Å²) in [6.45, 7) is 0. The van der Waals surface area contributed by atoms with E-state index < -0.39 is 0 Å². The molecule has 1 heterocycles. The molecule has 0 spiro atoms. The van der Waals surface area contributed by atoms with Crippen LogP contribution in [0.3, 0.4) is 0 Å². The van der Waals surface area contributed by atoms with Crippen molar-refractivity contribution in [1.29, 1.82) is 0 Å². The number of hydrogen-bond donors (Lipinski definition) is 1. The van der Waals surface area contributed by atoms with Crippen LogP contribution in [0, 0.1) is 0 Å². The van der Waals surface area contributed by atoms with Crippen molar-refractivity contribution in [3.63, 3.8) is 0 Å². The molecule has 3 aromatic rings. The summed E-state index contributed by atoms with van der Waals surface area (Å²) in [7, 11) is 0. The van der Waals surface area contributed by atoms with Crippen LogP contribution in [0.5, 0.6) is 0 Å². The molecule has 144 valence electrons. The Balaban J connectivity index is 1.51. The molecule has 1 N–H and O–H groups in total. The monoisotopic (exact) mass is 391 g/mol. The number of nitrogens with one attached hydrogen (secondary N) is 1. The molecule has 0 atom stereocenters. The van der Waals surface area contributed by atoms with Gasteiger partial charge in [0.15, 0.2) is 5.16 Å². The molecule has 4 nitrogen and oxygen atoms in total. The molecule has 1 saturated carbocycles. The highest BCUT2D eigenvalue weighted by molar-refractivity contribution is 7.99. The Morgan fingerprint density at radius 2 is 1.68 bits per heavy atom. The maximum absolute atomic E-state index is 12.4. The second-order valence-corrected chi connectivity index (χ2v) is 8.11. The first-order valence-electron chi connectivity index (χ1n) is 9.92. The van der Waals surface area contributed by atoms with Gasteiger partial charge in [-0.1, -0.05) is 79.6 Å². The number of thioether (sulfide) groups is 1. The second kappa shape index (κ2) is 9.11. The Bertz CT molecular complexity index is 902. The summed E-state index contributed by atoms with van der Waals surface area (Å²) in [5.41, 5.74) is 3.04. The van der Waals surface area contributed by atoms with Crippen LogP contribution in [0.4, 0.5) is 0 Å². The van der Waals surface area contributed by atoms with Crippen LogP contribution < -0.4 is 5.32 Å². The van der Waals surface area contributed by atoms with E-state index in [0.29, 0.717) is 11.8 Å². The molecule has 0 bridgehead atoms. The van der Waals surface area contributed by atoms with Gasteiger partial charge in [0.05, 0.1) is 11.4 Å². The largest absolute Gasteiger partial charge is 0.353 e. The summed E-state index contributed by atoms with van der Waals surface area (Å²) >= 11 is 1.49. The Morgan fingerprint density at radius 3 is 2.39 bits per heavy atom. The molecule has 0 aliphatic heterocycles. The van der Waals surface area contributed by atoms with Gasteiger partial charge in [0.1, 0.15) is 0 Å². The van der Waals surface area contributed by atoms with E-state index in [9.17, 15) is 4.79 Å².